The Labute approximate surface area is 204 Å². The third-order valence-electron chi connectivity index (χ3n) is 6.30. The van der Waals surface area contributed by atoms with Crippen LogP contribution >= 0.6 is 0 Å². The first-order valence-electron chi connectivity index (χ1n) is 12.1. The standard InChI is InChI=1S/C29H31N3O3/c1-3-4-9-18-30-27(33)19-22-14-16-24(17-15-22)32-28(34)25-12-7-8-13-26(25)31(29(32)35)20-23-11-6-5-10-21(23)2/h5-8,10-17H,3-4,9,18-20H2,1-2H3,(H,30,33). The minimum absolute atomic E-state index is 0.0303. The van der Waals surface area contributed by atoms with Crippen LogP contribution in [0.3, 0.4) is 0 Å². The van der Waals surface area contributed by atoms with Crippen molar-refractivity contribution < 1.29 is 4.79 Å². The first-order valence-corrected chi connectivity index (χ1v) is 12.1. The quantitative estimate of drug-likeness (QED) is 0.370. The van der Waals surface area contributed by atoms with Crippen molar-refractivity contribution in [2.75, 3.05) is 6.54 Å². The molecule has 0 spiro atoms. The lowest BCUT2D eigenvalue weighted by atomic mass is 10.1. The minimum atomic E-state index is -0.390. The molecule has 1 amide bonds. The molecule has 0 aliphatic heterocycles. The molecular formula is C29H31N3O3. The van der Waals surface area contributed by atoms with Gasteiger partial charge in [-0.25, -0.2) is 9.36 Å². The van der Waals surface area contributed by atoms with Gasteiger partial charge in [0, 0.05) is 6.54 Å². The molecule has 0 fully saturated rings. The number of nitrogens with one attached hydrogen (secondary N) is 1. The number of aromatic nitrogens is 2. The summed E-state index contributed by atoms with van der Waals surface area (Å²) in [5.41, 5.74) is 3.28. The summed E-state index contributed by atoms with van der Waals surface area (Å²) in [5, 5.41) is 3.42. The Hall–Kier alpha value is -3.93. The summed E-state index contributed by atoms with van der Waals surface area (Å²) in [7, 11) is 0. The largest absolute Gasteiger partial charge is 0.356 e. The molecule has 0 radical (unpaired) electrons. The molecule has 1 heterocycles. The molecule has 0 atom stereocenters. The van der Waals surface area contributed by atoms with Crippen molar-refractivity contribution in [3.05, 3.63) is 110 Å². The Morgan fingerprint density at radius 1 is 0.886 bits per heavy atom. The van der Waals surface area contributed by atoms with E-state index in [1.807, 2.05) is 43.3 Å². The maximum atomic E-state index is 13.6. The Morgan fingerprint density at radius 2 is 1.60 bits per heavy atom. The van der Waals surface area contributed by atoms with Gasteiger partial charge < -0.3 is 5.32 Å². The summed E-state index contributed by atoms with van der Waals surface area (Å²) < 4.78 is 2.87. The number of rotatable bonds is 9. The molecule has 0 saturated carbocycles. The monoisotopic (exact) mass is 469 g/mol. The van der Waals surface area contributed by atoms with E-state index in [0.717, 1.165) is 36.0 Å². The number of benzene rings is 3. The second kappa shape index (κ2) is 11.0. The van der Waals surface area contributed by atoms with Crippen LogP contribution in [0.5, 0.6) is 0 Å². The second-order valence-electron chi connectivity index (χ2n) is 8.85. The highest BCUT2D eigenvalue weighted by molar-refractivity contribution is 5.79. The SMILES string of the molecule is CCCCCNC(=O)Cc1ccc(-n2c(=O)c3ccccc3n(Cc3ccccc3C)c2=O)cc1. The highest BCUT2D eigenvalue weighted by Crippen LogP contribution is 2.15. The zero-order chi connectivity index (χ0) is 24.8. The van der Waals surface area contributed by atoms with Gasteiger partial charge in [0.1, 0.15) is 0 Å². The number of nitrogens with zero attached hydrogens (tertiary/aromatic N) is 2. The van der Waals surface area contributed by atoms with Crippen LogP contribution in [0.15, 0.2) is 82.4 Å². The number of amides is 1. The van der Waals surface area contributed by atoms with Crippen molar-refractivity contribution in [1.29, 1.82) is 0 Å². The Morgan fingerprint density at radius 3 is 2.34 bits per heavy atom. The van der Waals surface area contributed by atoms with Gasteiger partial charge in [-0.2, -0.15) is 0 Å². The van der Waals surface area contributed by atoms with Gasteiger partial charge in [-0.15, -0.1) is 0 Å². The molecule has 4 aromatic rings. The summed E-state index contributed by atoms with van der Waals surface area (Å²) >= 11 is 0. The first kappa shape index (κ1) is 24.2. The lowest BCUT2D eigenvalue weighted by Crippen LogP contribution is -2.39. The Kier molecular flexibility index (Phi) is 7.60. The number of carbonyl (C=O) groups excluding carboxylic acids is 1. The van der Waals surface area contributed by atoms with E-state index < -0.39 is 5.69 Å². The molecule has 4 rings (SSSR count). The fraction of sp³-hybridized carbons (Fsp3) is 0.276. The summed E-state index contributed by atoms with van der Waals surface area (Å²) in [6, 6.07) is 22.2. The van der Waals surface area contributed by atoms with Crippen LogP contribution in [0.4, 0.5) is 0 Å². The fourth-order valence-electron chi connectivity index (χ4n) is 4.27. The molecule has 6 heteroatoms. The third kappa shape index (κ3) is 5.43. The molecule has 0 aliphatic carbocycles. The molecule has 3 aromatic carbocycles. The lowest BCUT2D eigenvalue weighted by molar-refractivity contribution is -0.120. The number of hydrogen-bond acceptors (Lipinski definition) is 3. The smallest absolute Gasteiger partial charge is 0.336 e. The molecule has 0 aliphatic rings. The van der Waals surface area contributed by atoms with E-state index in [0.29, 0.717) is 29.7 Å². The predicted molar refractivity (Wildman–Crippen MR) is 140 cm³/mol. The molecule has 1 N–H and O–H groups in total. The highest BCUT2D eigenvalue weighted by atomic mass is 16.2. The van der Waals surface area contributed by atoms with Gasteiger partial charge in [0.25, 0.3) is 5.56 Å². The van der Waals surface area contributed by atoms with E-state index in [2.05, 4.69) is 12.2 Å². The van der Waals surface area contributed by atoms with Crippen molar-refractivity contribution in [3.63, 3.8) is 0 Å². The molecule has 6 nitrogen and oxygen atoms in total. The molecular weight excluding hydrogens is 438 g/mol. The van der Waals surface area contributed by atoms with Crippen molar-refractivity contribution in [1.82, 2.24) is 14.5 Å². The van der Waals surface area contributed by atoms with Crippen LogP contribution in [0.25, 0.3) is 16.6 Å². The maximum Gasteiger partial charge on any atom is 0.336 e. The van der Waals surface area contributed by atoms with Crippen molar-refractivity contribution in [3.8, 4) is 5.69 Å². The van der Waals surface area contributed by atoms with Crippen LogP contribution in [0.2, 0.25) is 0 Å². The van der Waals surface area contributed by atoms with E-state index in [9.17, 15) is 14.4 Å². The van der Waals surface area contributed by atoms with Crippen molar-refractivity contribution in [2.45, 2.75) is 46.1 Å². The number of para-hydroxylation sites is 1. The van der Waals surface area contributed by atoms with Gasteiger partial charge in [-0.05, 0) is 54.3 Å². The van der Waals surface area contributed by atoms with E-state index in [1.54, 1.807) is 41.0 Å². The lowest BCUT2D eigenvalue weighted by Gasteiger charge is -2.15. The van der Waals surface area contributed by atoms with E-state index in [-0.39, 0.29) is 17.9 Å². The van der Waals surface area contributed by atoms with Crippen LogP contribution in [0, 0.1) is 6.92 Å². The molecule has 35 heavy (non-hydrogen) atoms. The normalized spacial score (nSPS) is 11.0. The topological polar surface area (TPSA) is 73.1 Å². The van der Waals surface area contributed by atoms with Gasteiger partial charge in [0.05, 0.1) is 29.6 Å². The number of fused-ring (bicyclic) bond motifs is 1. The van der Waals surface area contributed by atoms with Gasteiger partial charge in [0.2, 0.25) is 5.91 Å². The summed E-state index contributed by atoms with van der Waals surface area (Å²) in [5.74, 6) is -0.0303. The van der Waals surface area contributed by atoms with Gasteiger partial charge in [0.15, 0.2) is 0 Å². The zero-order valence-corrected chi connectivity index (χ0v) is 20.3. The zero-order valence-electron chi connectivity index (χ0n) is 20.3. The maximum absolute atomic E-state index is 13.6. The summed E-state index contributed by atoms with van der Waals surface area (Å²) in [6.07, 6.45) is 3.44. The molecule has 1 aromatic heterocycles. The Bertz CT molecular complexity index is 1450. The predicted octanol–water partition coefficient (Wildman–Crippen LogP) is 4.36. The second-order valence-corrected chi connectivity index (χ2v) is 8.85. The van der Waals surface area contributed by atoms with Crippen molar-refractivity contribution in [2.24, 2.45) is 0 Å². The highest BCUT2D eigenvalue weighted by Gasteiger charge is 2.15. The van der Waals surface area contributed by atoms with E-state index >= 15 is 0 Å². The van der Waals surface area contributed by atoms with Crippen LogP contribution in [0.1, 0.15) is 42.9 Å². The van der Waals surface area contributed by atoms with Gasteiger partial charge in [-0.1, -0.05) is 68.3 Å². The first-order chi connectivity index (χ1) is 17.0. The van der Waals surface area contributed by atoms with E-state index in [4.69, 9.17) is 0 Å². The number of hydrogen-bond donors (Lipinski definition) is 1. The Balaban J connectivity index is 1.68. The minimum Gasteiger partial charge on any atom is -0.356 e. The molecule has 0 unspecified atom stereocenters. The van der Waals surface area contributed by atoms with Crippen LogP contribution in [-0.2, 0) is 17.8 Å². The summed E-state index contributed by atoms with van der Waals surface area (Å²) in [4.78, 5) is 39.2. The average Bonchev–Trinajstić information content (AvgIpc) is 2.86. The molecule has 0 bridgehead atoms. The number of unbranched alkanes of at least 4 members (excludes halogenated alkanes) is 2. The van der Waals surface area contributed by atoms with Gasteiger partial charge in [-0.3, -0.25) is 14.2 Å². The van der Waals surface area contributed by atoms with Crippen LogP contribution in [-0.4, -0.2) is 21.6 Å². The van der Waals surface area contributed by atoms with Crippen LogP contribution < -0.4 is 16.6 Å². The number of carbonyl (C=O) groups is 1. The molecule has 180 valence electrons. The summed E-state index contributed by atoms with van der Waals surface area (Å²) in [6.45, 7) is 5.18. The van der Waals surface area contributed by atoms with Crippen molar-refractivity contribution >= 4 is 16.8 Å². The average molecular weight is 470 g/mol. The third-order valence-corrected chi connectivity index (χ3v) is 6.30. The fourth-order valence-corrected chi connectivity index (χ4v) is 4.27. The molecule has 0 saturated heterocycles. The number of aryl methyl sites for hydroxylation is 1. The van der Waals surface area contributed by atoms with E-state index in [1.165, 1.54) is 4.57 Å². The van der Waals surface area contributed by atoms with Gasteiger partial charge >= 0.3 is 5.69 Å².